The standard InChI is InChI=1S/C14H26N2O5/c1-7-21-10(17)8-9-16(6)12(20)15-14(4,5)13(2,3)11(18)19/h7-9H2,1-6H3,(H,15,20)(H,18,19). The van der Waals surface area contributed by atoms with Crippen LogP contribution in [0.2, 0.25) is 0 Å². The average Bonchev–Trinajstić information content (AvgIpc) is 2.35. The summed E-state index contributed by atoms with van der Waals surface area (Å²) in [4.78, 5) is 35.9. The minimum Gasteiger partial charge on any atom is -0.481 e. The molecule has 0 aliphatic heterocycles. The number of rotatable bonds is 7. The van der Waals surface area contributed by atoms with Gasteiger partial charge in [-0.15, -0.1) is 0 Å². The number of nitrogens with zero attached hydrogens (tertiary/aromatic N) is 1. The molecule has 0 heterocycles. The Bertz CT molecular complexity index is 404. The van der Waals surface area contributed by atoms with Crippen molar-refractivity contribution in [1.29, 1.82) is 0 Å². The second kappa shape index (κ2) is 7.28. The van der Waals surface area contributed by atoms with Gasteiger partial charge in [-0.2, -0.15) is 0 Å². The van der Waals surface area contributed by atoms with Gasteiger partial charge in [0.05, 0.1) is 24.0 Å². The Morgan fingerprint density at radius 1 is 1.19 bits per heavy atom. The van der Waals surface area contributed by atoms with Gasteiger partial charge >= 0.3 is 18.0 Å². The quantitative estimate of drug-likeness (QED) is 0.694. The molecule has 0 spiro atoms. The van der Waals surface area contributed by atoms with Crippen LogP contribution in [-0.2, 0) is 14.3 Å². The maximum absolute atomic E-state index is 12.1. The first-order valence-electron chi connectivity index (χ1n) is 6.88. The lowest BCUT2D eigenvalue weighted by Crippen LogP contribution is -2.59. The van der Waals surface area contributed by atoms with Crippen LogP contribution in [-0.4, -0.2) is 53.7 Å². The number of ether oxygens (including phenoxy) is 1. The number of carbonyl (C=O) groups is 3. The van der Waals surface area contributed by atoms with E-state index < -0.39 is 23.0 Å². The van der Waals surface area contributed by atoms with E-state index in [-0.39, 0.29) is 18.9 Å². The smallest absolute Gasteiger partial charge is 0.317 e. The van der Waals surface area contributed by atoms with Crippen LogP contribution >= 0.6 is 0 Å². The Kier molecular flexibility index (Phi) is 6.66. The molecule has 21 heavy (non-hydrogen) atoms. The molecule has 0 aromatic heterocycles. The van der Waals surface area contributed by atoms with Crippen LogP contribution in [0.3, 0.4) is 0 Å². The van der Waals surface area contributed by atoms with Crippen LogP contribution in [0.25, 0.3) is 0 Å². The zero-order valence-electron chi connectivity index (χ0n) is 13.6. The minimum atomic E-state index is -1.13. The first-order chi connectivity index (χ1) is 9.45. The Morgan fingerprint density at radius 2 is 1.71 bits per heavy atom. The zero-order chi connectivity index (χ0) is 16.8. The van der Waals surface area contributed by atoms with Crippen molar-refractivity contribution in [2.24, 2.45) is 5.41 Å². The molecular formula is C14H26N2O5. The number of nitrogens with one attached hydrogen (secondary N) is 1. The summed E-state index contributed by atoms with van der Waals surface area (Å²) in [5, 5.41) is 11.9. The predicted octanol–water partition coefficient (Wildman–Crippen LogP) is 1.47. The number of carbonyl (C=O) groups excluding carboxylic acids is 2. The van der Waals surface area contributed by atoms with E-state index in [1.807, 2.05) is 0 Å². The Balaban J connectivity index is 4.60. The van der Waals surface area contributed by atoms with E-state index in [0.29, 0.717) is 6.61 Å². The first-order valence-corrected chi connectivity index (χ1v) is 6.88. The summed E-state index contributed by atoms with van der Waals surface area (Å²) < 4.78 is 4.78. The monoisotopic (exact) mass is 302 g/mol. The lowest BCUT2D eigenvalue weighted by Gasteiger charge is -2.39. The third kappa shape index (κ3) is 5.24. The molecule has 122 valence electrons. The number of carboxylic acid groups (broad SMARTS) is 1. The molecule has 0 bridgehead atoms. The second-order valence-corrected chi connectivity index (χ2v) is 5.96. The molecule has 2 amide bonds. The van der Waals surface area contributed by atoms with Gasteiger partial charge in [-0.3, -0.25) is 9.59 Å². The Morgan fingerprint density at radius 3 is 2.14 bits per heavy atom. The van der Waals surface area contributed by atoms with Crippen molar-refractivity contribution in [3.63, 3.8) is 0 Å². The third-order valence-corrected chi connectivity index (χ3v) is 3.82. The SMILES string of the molecule is CCOC(=O)CCN(C)C(=O)NC(C)(C)C(C)(C)C(=O)O. The maximum Gasteiger partial charge on any atom is 0.317 e. The molecule has 0 fully saturated rings. The van der Waals surface area contributed by atoms with Crippen LogP contribution in [0.1, 0.15) is 41.0 Å². The highest BCUT2D eigenvalue weighted by Gasteiger charge is 2.44. The van der Waals surface area contributed by atoms with Crippen molar-refractivity contribution in [3.05, 3.63) is 0 Å². The fourth-order valence-corrected chi connectivity index (χ4v) is 1.38. The van der Waals surface area contributed by atoms with Gasteiger partial charge in [0.1, 0.15) is 0 Å². The van der Waals surface area contributed by atoms with Gasteiger partial charge in [-0.05, 0) is 34.6 Å². The van der Waals surface area contributed by atoms with Gasteiger partial charge in [0.25, 0.3) is 0 Å². The van der Waals surface area contributed by atoms with E-state index in [0.717, 1.165) is 0 Å². The van der Waals surface area contributed by atoms with Gasteiger partial charge in [-0.1, -0.05) is 0 Å². The Hall–Kier alpha value is -1.79. The fourth-order valence-electron chi connectivity index (χ4n) is 1.38. The molecule has 0 aromatic rings. The number of esters is 1. The number of hydrogen-bond acceptors (Lipinski definition) is 4. The average molecular weight is 302 g/mol. The molecule has 0 atom stereocenters. The molecule has 7 heteroatoms. The number of aliphatic carboxylic acids is 1. The van der Waals surface area contributed by atoms with Gasteiger partial charge in [0.15, 0.2) is 0 Å². The van der Waals surface area contributed by atoms with E-state index in [4.69, 9.17) is 4.74 Å². The molecule has 0 unspecified atom stereocenters. The van der Waals surface area contributed by atoms with Gasteiger partial charge in [0.2, 0.25) is 0 Å². The summed E-state index contributed by atoms with van der Waals surface area (Å²) in [6.45, 7) is 8.62. The molecule has 0 saturated heterocycles. The van der Waals surface area contributed by atoms with Gasteiger partial charge in [-0.25, -0.2) is 4.79 Å². The highest BCUT2D eigenvalue weighted by molar-refractivity contribution is 5.80. The summed E-state index contributed by atoms with van der Waals surface area (Å²) in [6, 6.07) is -0.432. The molecular weight excluding hydrogens is 276 g/mol. The first kappa shape index (κ1) is 19.2. The number of hydrogen-bond donors (Lipinski definition) is 2. The van der Waals surface area contributed by atoms with E-state index in [1.54, 1.807) is 41.7 Å². The molecule has 0 rings (SSSR count). The Labute approximate surface area is 125 Å². The van der Waals surface area contributed by atoms with Crippen LogP contribution in [0, 0.1) is 5.41 Å². The maximum atomic E-state index is 12.1. The van der Waals surface area contributed by atoms with E-state index in [9.17, 15) is 19.5 Å². The normalized spacial score (nSPS) is 11.7. The predicted molar refractivity (Wildman–Crippen MR) is 77.9 cm³/mol. The largest absolute Gasteiger partial charge is 0.481 e. The van der Waals surface area contributed by atoms with Crippen LogP contribution in [0.15, 0.2) is 0 Å². The van der Waals surface area contributed by atoms with Gasteiger partial charge < -0.3 is 20.1 Å². The number of amides is 2. The summed E-state index contributed by atoms with van der Waals surface area (Å²) in [6.07, 6.45) is 0.0977. The van der Waals surface area contributed by atoms with Crippen LogP contribution in [0.5, 0.6) is 0 Å². The highest BCUT2D eigenvalue weighted by atomic mass is 16.5. The number of carboxylic acids is 1. The third-order valence-electron chi connectivity index (χ3n) is 3.82. The van der Waals surface area contributed by atoms with E-state index in [2.05, 4.69) is 5.32 Å². The molecule has 0 saturated carbocycles. The van der Waals surface area contributed by atoms with Crippen molar-refractivity contribution in [2.45, 2.75) is 46.6 Å². The molecule has 0 aliphatic carbocycles. The molecule has 2 N–H and O–H groups in total. The van der Waals surface area contributed by atoms with Crippen molar-refractivity contribution in [3.8, 4) is 0 Å². The van der Waals surface area contributed by atoms with Crippen LogP contribution < -0.4 is 5.32 Å². The van der Waals surface area contributed by atoms with E-state index in [1.165, 1.54) is 4.90 Å². The van der Waals surface area contributed by atoms with Crippen LogP contribution in [0.4, 0.5) is 4.79 Å². The second-order valence-electron chi connectivity index (χ2n) is 5.96. The lowest BCUT2D eigenvalue weighted by molar-refractivity contribution is -0.150. The summed E-state index contributed by atoms with van der Waals surface area (Å²) >= 11 is 0. The molecule has 0 radical (unpaired) electrons. The summed E-state index contributed by atoms with van der Waals surface area (Å²) in [5.41, 5.74) is -2.08. The lowest BCUT2D eigenvalue weighted by atomic mass is 9.74. The van der Waals surface area contributed by atoms with Crippen molar-refractivity contribution in [1.82, 2.24) is 10.2 Å². The zero-order valence-corrected chi connectivity index (χ0v) is 13.6. The minimum absolute atomic E-state index is 0.0977. The van der Waals surface area contributed by atoms with Crippen molar-refractivity contribution in [2.75, 3.05) is 20.2 Å². The summed E-state index contributed by atoms with van der Waals surface area (Å²) in [7, 11) is 1.54. The van der Waals surface area contributed by atoms with Crippen molar-refractivity contribution < 1.29 is 24.2 Å². The number of urea groups is 1. The molecule has 0 aromatic carbocycles. The molecule has 7 nitrogen and oxygen atoms in total. The van der Waals surface area contributed by atoms with Gasteiger partial charge in [0, 0.05) is 13.6 Å². The topological polar surface area (TPSA) is 95.9 Å². The fraction of sp³-hybridized carbons (Fsp3) is 0.786. The molecule has 0 aliphatic rings. The van der Waals surface area contributed by atoms with E-state index >= 15 is 0 Å². The highest BCUT2D eigenvalue weighted by Crippen LogP contribution is 2.30. The van der Waals surface area contributed by atoms with Crippen molar-refractivity contribution >= 4 is 18.0 Å². The summed E-state index contributed by atoms with van der Waals surface area (Å²) in [5.74, 6) is -1.37.